The summed E-state index contributed by atoms with van der Waals surface area (Å²) in [5.74, 6) is -1.07. The van der Waals surface area contributed by atoms with Crippen LogP contribution < -0.4 is 10.6 Å². The first-order valence-electron chi connectivity index (χ1n) is 13.6. The molecule has 2 aromatic carbocycles. The van der Waals surface area contributed by atoms with Crippen molar-refractivity contribution in [2.24, 2.45) is 17.3 Å². The van der Waals surface area contributed by atoms with Crippen LogP contribution in [0.4, 0.5) is 0 Å². The normalized spacial score (nSPS) is 20.0. The number of benzene rings is 2. The van der Waals surface area contributed by atoms with E-state index >= 15 is 0 Å². The number of aliphatic hydroxyl groups excluding tert-OH is 1. The van der Waals surface area contributed by atoms with Crippen molar-refractivity contribution in [1.29, 1.82) is 0 Å². The molecule has 0 bridgehead atoms. The van der Waals surface area contributed by atoms with Gasteiger partial charge in [-0.15, -0.1) is 0 Å². The van der Waals surface area contributed by atoms with Crippen molar-refractivity contribution in [3.05, 3.63) is 64.7 Å². The van der Waals surface area contributed by atoms with Crippen molar-refractivity contribution in [3.8, 4) is 5.75 Å². The summed E-state index contributed by atoms with van der Waals surface area (Å²) < 4.78 is 0. The minimum absolute atomic E-state index is 0.0000724. The summed E-state index contributed by atoms with van der Waals surface area (Å²) in [5, 5.41) is 27.5. The largest absolute Gasteiger partial charge is 0.508 e. The second-order valence-corrected chi connectivity index (χ2v) is 11.9. The number of phenols is 1. The Labute approximate surface area is 231 Å². The van der Waals surface area contributed by atoms with Gasteiger partial charge in [-0.1, -0.05) is 65.0 Å². The number of carbonyl (C=O) groups is 3. The Morgan fingerprint density at radius 3 is 2.36 bits per heavy atom. The number of nitrogens with one attached hydrogen (secondary N) is 2. The number of rotatable bonds is 9. The number of carbonyl (C=O) groups excluding carboxylic acids is 3. The number of likely N-dealkylation sites (tertiary alicyclic amines) is 1. The molecule has 0 spiro atoms. The van der Waals surface area contributed by atoms with Gasteiger partial charge in [-0.25, -0.2) is 0 Å². The summed E-state index contributed by atoms with van der Waals surface area (Å²) in [6.45, 7) is 14.2. The highest BCUT2D eigenvalue weighted by Crippen LogP contribution is 2.41. The number of hydrogen-bond donors (Lipinski definition) is 4. The van der Waals surface area contributed by atoms with E-state index in [1.54, 1.807) is 26.0 Å². The van der Waals surface area contributed by atoms with E-state index in [1.165, 1.54) is 4.90 Å². The van der Waals surface area contributed by atoms with E-state index in [2.05, 4.69) is 10.6 Å². The van der Waals surface area contributed by atoms with Crippen molar-refractivity contribution < 1.29 is 24.6 Å². The Morgan fingerprint density at radius 2 is 1.74 bits per heavy atom. The van der Waals surface area contributed by atoms with Gasteiger partial charge in [-0.05, 0) is 60.8 Å². The summed E-state index contributed by atoms with van der Waals surface area (Å²) in [4.78, 5) is 42.0. The first-order valence-corrected chi connectivity index (χ1v) is 13.6. The molecule has 1 aliphatic heterocycles. The molecule has 8 nitrogen and oxygen atoms in total. The topological polar surface area (TPSA) is 119 Å². The zero-order valence-electron chi connectivity index (χ0n) is 24.1. The van der Waals surface area contributed by atoms with Crippen LogP contribution >= 0.6 is 0 Å². The highest BCUT2D eigenvalue weighted by molar-refractivity contribution is 5.97. The Kier molecular flexibility index (Phi) is 9.43. The summed E-state index contributed by atoms with van der Waals surface area (Å²) >= 11 is 0. The molecule has 2 aromatic rings. The first-order chi connectivity index (χ1) is 18.2. The number of amides is 3. The second kappa shape index (κ2) is 12.2. The lowest BCUT2D eigenvalue weighted by Gasteiger charge is -2.35. The molecule has 212 valence electrons. The van der Waals surface area contributed by atoms with Gasteiger partial charge in [-0.3, -0.25) is 14.4 Å². The lowest BCUT2D eigenvalue weighted by Crippen LogP contribution is -2.58. The molecule has 3 rings (SSSR count). The van der Waals surface area contributed by atoms with Gasteiger partial charge < -0.3 is 25.7 Å². The van der Waals surface area contributed by atoms with Gasteiger partial charge >= 0.3 is 0 Å². The van der Waals surface area contributed by atoms with Gasteiger partial charge in [0.1, 0.15) is 11.8 Å². The van der Waals surface area contributed by atoms with E-state index in [9.17, 15) is 24.6 Å². The monoisotopic (exact) mass is 537 g/mol. The Balaban J connectivity index is 1.92. The first kappa shape index (κ1) is 30.2. The minimum Gasteiger partial charge on any atom is -0.508 e. The van der Waals surface area contributed by atoms with E-state index in [0.29, 0.717) is 24.2 Å². The van der Waals surface area contributed by atoms with E-state index < -0.39 is 35.4 Å². The van der Waals surface area contributed by atoms with Crippen LogP contribution in [0.15, 0.2) is 42.5 Å². The molecule has 3 amide bonds. The SMILES string of the molecule is Cc1cc(O)c(C)c(C(=O)N[C@@H](Cc2ccccc2)[C@H](O)C(=O)N2C[C@@H](C)C(C)(C)C2C(=O)NCC(C)C)c1. The second-order valence-electron chi connectivity index (χ2n) is 11.9. The quantitative estimate of drug-likeness (QED) is 0.391. The molecule has 0 radical (unpaired) electrons. The van der Waals surface area contributed by atoms with E-state index in [0.717, 1.165) is 5.56 Å². The molecule has 1 aliphatic rings. The number of phenolic OH excluding ortho intramolecular Hbond substituents is 1. The predicted molar refractivity (Wildman–Crippen MR) is 151 cm³/mol. The van der Waals surface area contributed by atoms with Gasteiger partial charge in [0.2, 0.25) is 5.91 Å². The van der Waals surface area contributed by atoms with Gasteiger partial charge in [0.25, 0.3) is 11.8 Å². The lowest BCUT2D eigenvalue weighted by atomic mass is 9.77. The molecule has 0 saturated carbocycles. The van der Waals surface area contributed by atoms with Crippen LogP contribution in [0.1, 0.15) is 61.7 Å². The van der Waals surface area contributed by atoms with Gasteiger partial charge in [-0.2, -0.15) is 0 Å². The molecule has 8 heteroatoms. The fraction of sp³-hybridized carbons (Fsp3) is 0.516. The molecule has 1 unspecified atom stereocenters. The smallest absolute Gasteiger partial charge is 0.254 e. The van der Waals surface area contributed by atoms with Crippen LogP contribution in [0.2, 0.25) is 0 Å². The highest BCUT2D eigenvalue weighted by Gasteiger charge is 2.52. The summed E-state index contributed by atoms with van der Waals surface area (Å²) in [6.07, 6.45) is -1.39. The van der Waals surface area contributed by atoms with E-state index in [-0.39, 0.29) is 35.5 Å². The molecular formula is C31H43N3O5. The van der Waals surface area contributed by atoms with Crippen LogP contribution in [-0.4, -0.2) is 64.1 Å². The molecule has 0 aliphatic carbocycles. The minimum atomic E-state index is -1.59. The Morgan fingerprint density at radius 1 is 1.10 bits per heavy atom. The van der Waals surface area contributed by atoms with Crippen molar-refractivity contribution >= 4 is 17.7 Å². The zero-order valence-corrected chi connectivity index (χ0v) is 24.1. The molecule has 4 N–H and O–H groups in total. The maximum absolute atomic E-state index is 13.9. The van der Waals surface area contributed by atoms with Crippen molar-refractivity contribution in [3.63, 3.8) is 0 Å². The summed E-state index contributed by atoms with van der Waals surface area (Å²) in [6, 6.07) is 10.8. The van der Waals surface area contributed by atoms with Crippen molar-refractivity contribution in [2.45, 2.75) is 73.1 Å². The summed E-state index contributed by atoms with van der Waals surface area (Å²) in [7, 11) is 0. The molecule has 1 saturated heterocycles. The molecule has 0 aromatic heterocycles. The van der Waals surface area contributed by atoms with E-state index in [4.69, 9.17) is 0 Å². The van der Waals surface area contributed by atoms with Gasteiger partial charge in [0.15, 0.2) is 6.10 Å². The van der Waals surface area contributed by atoms with Crippen molar-refractivity contribution in [1.82, 2.24) is 15.5 Å². The van der Waals surface area contributed by atoms with Crippen LogP contribution in [-0.2, 0) is 16.0 Å². The van der Waals surface area contributed by atoms with Gasteiger partial charge in [0, 0.05) is 24.2 Å². The number of aliphatic hydroxyl groups is 1. The maximum Gasteiger partial charge on any atom is 0.254 e. The Hall–Kier alpha value is -3.39. The van der Waals surface area contributed by atoms with Crippen LogP contribution in [0.25, 0.3) is 0 Å². The van der Waals surface area contributed by atoms with Crippen molar-refractivity contribution in [2.75, 3.05) is 13.1 Å². The molecule has 4 atom stereocenters. The number of nitrogens with zero attached hydrogens (tertiary/aromatic N) is 1. The third-order valence-electron chi connectivity index (χ3n) is 7.99. The maximum atomic E-state index is 13.9. The third kappa shape index (κ3) is 6.79. The third-order valence-corrected chi connectivity index (χ3v) is 7.99. The van der Waals surface area contributed by atoms with E-state index in [1.807, 2.05) is 65.0 Å². The number of aryl methyl sites for hydroxylation is 1. The molecule has 1 fully saturated rings. The zero-order chi connectivity index (χ0) is 29.1. The molecule has 39 heavy (non-hydrogen) atoms. The fourth-order valence-electron chi connectivity index (χ4n) is 5.18. The number of aromatic hydroxyl groups is 1. The summed E-state index contributed by atoms with van der Waals surface area (Å²) in [5.41, 5.74) is 1.72. The standard InChI is InChI=1S/C31H43N3O5/c1-18(2)16-32-29(38)27-31(6,7)20(4)17-34(27)30(39)26(36)24(15-22-11-9-8-10-12-22)33-28(37)23-13-19(3)14-25(35)21(23)5/h8-14,18,20,24,26-27,35-36H,15-17H2,1-7H3,(H,32,38)(H,33,37)/t20-,24+,26+,27?/m1/s1. The average molecular weight is 538 g/mol. The highest BCUT2D eigenvalue weighted by atomic mass is 16.3. The molecule has 1 heterocycles. The lowest BCUT2D eigenvalue weighted by molar-refractivity contribution is -0.148. The van der Waals surface area contributed by atoms with Crippen LogP contribution in [0.5, 0.6) is 5.75 Å². The predicted octanol–water partition coefficient (Wildman–Crippen LogP) is 3.36. The fourth-order valence-corrected chi connectivity index (χ4v) is 5.18. The van der Waals surface area contributed by atoms with Gasteiger partial charge in [0.05, 0.1) is 6.04 Å². The van der Waals surface area contributed by atoms with Crippen LogP contribution in [0.3, 0.4) is 0 Å². The number of hydrogen-bond acceptors (Lipinski definition) is 5. The molecular weight excluding hydrogens is 494 g/mol. The van der Waals surface area contributed by atoms with Crippen LogP contribution in [0, 0.1) is 31.1 Å². The average Bonchev–Trinajstić information content (AvgIpc) is 3.12. The Bertz CT molecular complexity index is 1190.